The zero-order chi connectivity index (χ0) is 12.2. The predicted molar refractivity (Wildman–Crippen MR) is 69.8 cm³/mol. The van der Waals surface area contributed by atoms with Gasteiger partial charge in [-0.25, -0.2) is 0 Å². The van der Waals surface area contributed by atoms with Crippen LogP contribution in [0.1, 0.15) is 53.4 Å². The normalized spacial score (nSPS) is 20.1. The zero-order valence-corrected chi connectivity index (χ0v) is 11.8. The molecule has 0 radical (unpaired) electrons. The second-order valence-electron chi connectivity index (χ2n) is 6.63. The van der Waals surface area contributed by atoms with Crippen molar-refractivity contribution < 1.29 is 4.74 Å². The third-order valence-corrected chi connectivity index (χ3v) is 3.66. The summed E-state index contributed by atoms with van der Waals surface area (Å²) in [6.45, 7) is 12.8. The van der Waals surface area contributed by atoms with Gasteiger partial charge in [0, 0.05) is 12.6 Å². The summed E-state index contributed by atoms with van der Waals surface area (Å²) < 4.78 is 5.32. The van der Waals surface area contributed by atoms with Crippen molar-refractivity contribution in [3.63, 3.8) is 0 Å². The van der Waals surface area contributed by atoms with Crippen LogP contribution in [0.5, 0.6) is 0 Å². The Bertz CT molecular complexity index is 205. The number of piperidine rings is 1. The molecule has 1 aliphatic heterocycles. The second kappa shape index (κ2) is 5.50. The molecule has 0 aliphatic carbocycles. The van der Waals surface area contributed by atoms with E-state index in [2.05, 4.69) is 32.6 Å². The van der Waals surface area contributed by atoms with Crippen LogP contribution in [0, 0.1) is 5.41 Å². The summed E-state index contributed by atoms with van der Waals surface area (Å²) in [5.74, 6) is 0. The van der Waals surface area contributed by atoms with Crippen LogP contribution in [0.4, 0.5) is 0 Å². The van der Waals surface area contributed by atoms with Crippen LogP contribution < -0.4 is 0 Å². The second-order valence-corrected chi connectivity index (χ2v) is 6.63. The molecular formula is C14H29NO. The first-order chi connectivity index (χ1) is 7.37. The third-order valence-electron chi connectivity index (χ3n) is 3.66. The van der Waals surface area contributed by atoms with Crippen molar-refractivity contribution in [2.45, 2.75) is 58.9 Å². The highest BCUT2D eigenvalue weighted by atomic mass is 16.5. The Kier molecular flexibility index (Phi) is 4.81. The number of nitrogens with zero attached hydrogens (tertiary/aromatic N) is 1. The summed E-state index contributed by atoms with van der Waals surface area (Å²) >= 11 is 0. The molecule has 0 spiro atoms. The maximum absolute atomic E-state index is 5.32. The maximum atomic E-state index is 5.32. The molecular weight excluding hydrogens is 198 g/mol. The van der Waals surface area contributed by atoms with Crippen LogP contribution >= 0.6 is 0 Å². The number of likely N-dealkylation sites (tertiary alicyclic amines) is 1. The molecule has 2 heteroatoms. The summed E-state index contributed by atoms with van der Waals surface area (Å²) in [4.78, 5) is 2.66. The van der Waals surface area contributed by atoms with Crippen molar-refractivity contribution in [1.29, 1.82) is 0 Å². The zero-order valence-electron chi connectivity index (χ0n) is 11.8. The van der Waals surface area contributed by atoms with Crippen molar-refractivity contribution in [1.82, 2.24) is 4.90 Å². The van der Waals surface area contributed by atoms with Crippen molar-refractivity contribution in [2.75, 3.05) is 26.8 Å². The van der Waals surface area contributed by atoms with Crippen LogP contribution in [0.3, 0.4) is 0 Å². The molecule has 0 saturated carbocycles. The van der Waals surface area contributed by atoms with E-state index in [0.717, 1.165) is 6.61 Å². The van der Waals surface area contributed by atoms with Crippen LogP contribution in [0.2, 0.25) is 0 Å². The van der Waals surface area contributed by atoms with Crippen molar-refractivity contribution >= 4 is 0 Å². The van der Waals surface area contributed by atoms with E-state index in [-0.39, 0.29) is 5.41 Å². The van der Waals surface area contributed by atoms with Gasteiger partial charge in [-0.1, -0.05) is 20.3 Å². The van der Waals surface area contributed by atoms with E-state index in [0.29, 0.717) is 5.54 Å². The number of hydrogen-bond donors (Lipinski definition) is 0. The maximum Gasteiger partial charge on any atom is 0.0514 e. The topological polar surface area (TPSA) is 12.5 Å². The quantitative estimate of drug-likeness (QED) is 0.714. The van der Waals surface area contributed by atoms with Crippen molar-refractivity contribution in [3.05, 3.63) is 0 Å². The number of ether oxygens (including phenoxy) is 1. The fourth-order valence-corrected chi connectivity index (χ4v) is 3.22. The molecule has 1 fully saturated rings. The molecule has 1 heterocycles. The molecule has 0 amide bonds. The van der Waals surface area contributed by atoms with Gasteiger partial charge in [0.25, 0.3) is 0 Å². The van der Waals surface area contributed by atoms with E-state index >= 15 is 0 Å². The molecule has 2 nitrogen and oxygen atoms in total. The molecule has 16 heavy (non-hydrogen) atoms. The van der Waals surface area contributed by atoms with Gasteiger partial charge in [-0.3, -0.25) is 4.90 Å². The fraction of sp³-hybridized carbons (Fsp3) is 1.00. The number of rotatable bonds is 5. The lowest BCUT2D eigenvalue weighted by Crippen LogP contribution is -2.49. The van der Waals surface area contributed by atoms with Gasteiger partial charge >= 0.3 is 0 Å². The van der Waals surface area contributed by atoms with E-state index in [4.69, 9.17) is 4.74 Å². The monoisotopic (exact) mass is 227 g/mol. The Morgan fingerprint density at radius 1 is 1.00 bits per heavy atom. The van der Waals surface area contributed by atoms with Crippen LogP contribution in [0.15, 0.2) is 0 Å². The van der Waals surface area contributed by atoms with E-state index < -0.39 is 0 Å². The van der Waals surface area contributed by atoms with E-state index in [1.165, 1.54) is 38.8 Å². The molecule has 0 aromatic heterocycles. The van der Waals surface area contributed by atoms with Gasteiger partial charge in [-0.15, -0.1) is 0 Å². The molecule has 1 saturated heterocycles. The van der Waals surface area contributed by atoms with Crippen molar-refractivity contribution in [2.24, 2.45) is 5.41 Å². The van der Waals surface area contributed by atoms with Gasteiger partial charge in [0.2, 0.25) is 0 Å². The largest absolute Gasteiger partial charge is 0.384 e. The Balaban J connectivity index is 2.54. The van der Waals surface area contributed by atoms with E-state index in [9.17, 15) is 0 Å². The average Bonchev–Trinajstić information content (AvgIpc) is 2.17. The lowest BCUT2D eigenvalue weighted by Gasteiger charge is -2.45. The molecule has 1 rings (SSSR count). The highest BCUT2D eigenvalue weighted by Crippen LogP contribution is 2.33. The Morgan fingerprint density at radius 2 is 1.56 bits per heavy atom. The van der Waals surface area contributed by atoms with Gasteiger partial charge < -0.3 is 4.74 Å². The lowest BCUT2D eigenvalue weighted by atomic mass is 9.79. The molecule has 0 unspecified atom stereocenters. The highest BCUT2D eigenvalue weighted by Gasteiger charge is 2.34. The summed E-state index contributed by atoms with van der Waals surface area (Å²) in [7, 11) is 1.80. The first-order valence-electron chi connectivity index (χ1n) is 6.61. The van der Waals surface area contributed by atoms with E-state index in [1.54, 1.807) is 7.11 Å². The molecule has 96 valence electrons. The summed E-state index contributed by atoms with van der Waals surface area (Å²) in [5, 5.41) is 0. The summed E-state index contributed by atoms with van der Waals surface area (Å²) in [6, 6.07) is 0. The molecule has 0 aromatic carbocycles. The van der Waals surface area contributed by atoms with Crippen LogP contribution in [-0.4, -0.2) is 37.2 Å². The predicted octanol–water partition coefficient (Wildman–Crippen LogP) is 3.31. The molecule has 0 bridgehead atoms. The summed E-state index contributed by atoms with van der Waals surface area (Å²) in [5.41, 5.74) is 0.581. The third kappa shape index (κ3) is 4.06. The van der Waals surface area contributed by atoms with E-state index in [1.807, 2.05) is 0 Å². The first-order valence-corrected chi connectivity index (χ1v) is 6.61. The minimum atomic E-state index is 0.274. The van der Waals surface area contributed by atoms with Gasteiger partial charge in [0.15, 0.2) is 0 Å². The molecule has 1 aliphatic rings. The molecule has 0 N–H and O–H groups in total. The fourth-order valence-electron chi connectivity index (χ4n) is 3.22. The average molecular weight is 227 g/mol. The highest BCUT2D eigenvalue weighted by molar-refractivity contribution is 4.88. The van der Waals surface area contributed by atoms with Gasteiger partial charge in [-0.05, 0) is 51.6 Å². The van der Waals surface area contributed by atoms with Gasteiger partial charge in [-0.2, -0.15) is 0 Å². The lowest BCUT2D eigenvalue weighted by molar-refractivity contribution is 0.0212. The SMILES string of the molecule is COCC(C)(C)CC(C)(C)N1CCCCC1. The standard InChI is InChI=1S/C14H29NO/c1-13(2,12-16-5)11-14(3,4)15-9-7-6-8-10-15/h6-12H2,1-5H3. The van der Waals surface area contributed by atoms with Gasteiger partial charge in [0.05, 0.1) is 6.61 Å². The Morgan fingerprint density at radius 3 is 2.06 bits per heavy atom. The smallest absolute Gasteiger partial charge is 0.0514 e. The van der Waals surface area contributed by atoms with Crippen LogP contribution in [-0.2, 0) is 4.74 Å². The Labute approximate surface area is 101 Å². The van der Waals surface area contributed by atoms with Crippen LogP contribution in [0.25, 0.3) is 0 Å². The first kappa shape index (κ1) is 14.0. The molecule has 0 aromatic rings. The number of hydrogen-bond acceptors (Lipinski definition) is 2. The minimum absolute atomic E-state index is 0.274. The van der Waals surface area contributed by atoms with Gasteiger partial charge in [0.1, 0.15) is 0 Å². The minimum Gasteiger partial charge on any atom is -0.384 e. The summed E-state index contributed by atoms with van der Waals surface area (Å²) in [6.07, 6.45) is 5.35. The number of methoxy groups -OCH3 is 1. The molecule has 0 atom stereocenters. The van der Waals surface area contributed by atoms with Crippen molar-refractivity contribution in [3.8, 4) is 0 Å². The Hall–Kier alpha value is -0.0800.